The van der Waals surface area contributed by atoms with Crippen molar-refractivity contribution in [2.45, 2.75) is 18.9 Å². The lowest BCUT2D eigenvalue weighted by atomic mass is 10.1. The molecule has 1 atom stereocenters. The number of hydrogen-bond acceptors (Lipinski definition) is 5. The Bertz CT molecular complexity index is 929. The molecule has 0 amide bonds. The van der Waals surface area contributed by atoms with E-state index < -0.39 is 6.36 Å². The molecule has 0 aliphatic carbocycles. The third-order valence-corrected chi connectivity index (χ3v) is 4.64. The molecule has 0 unspecified atom stereocenters. The molecule has 2 aromatic heterocycles. The molecular weight excluding hydrogens is 385 g/mol. The quantitative estimate of drug-likeness (QED) is 0.698. The molecule has 0 saturated carbocycles. The lowest BCUT2D eigenvalue weighted by Crippen LogP contribution is -2.39. The highest BCUT2D eigenvalue weighted by atomic mass is 19.4. The summed E-state index contributed by atoms with van der Waals surface area (Å²) in [7, 11) is 0. The van der Waals surface area contributed by atoms with E-state index in [1.807, 2.05) is 18.2 Å². The zero-order chi connectivity index (χ0) is 20.3. The number of nitrogens with one attached hydrogen (secondary N) is 1. The van der Waals surface area contributed by atoms with Gasteiger partial charge in [0.15, 0.2) is 0 Å². The standard InChI is InChI=1S/C20H19F3N4O2/c21-20(22,23)29-16-6-4-14(5-7-16)17-11-25-19(26-17)18-13-28-10-9-27(18)12-15-3-1-2-8-24-15/h1-8,11,18H,9-10,12-13H2,(H,25,26)/t18-/m0/s1. The van der Waals surface area contributed by atoms with E-state index in [0.717, 1.165) is 18.1 Å². The summed E-state index contributed by atoms with van der Waals surface area (Å²) in [6.45, 7) is 2.56. The van der Waals surface area contributed by atoms with Gasteiger partial charge in [-0.15, -0.1) is 13.2 Å². The maximum Gasteiger partial charge on any atom is 0.573 e. The smallest absolute Gasteiger partial charge is 0.406 e. The van der Waals surface area contributed by atoms with Gasteiger partial charge in [0.05, 0.1) is 36.8 Å². The van der Waals surface area contributed by atoms with Crippen molar-refractivity contribution >= 4 is 0 Å². The van der Waals surface area contributed by atoms with Crippen LogP contribution in [0.25, 0.3) is 11.3 Å². The van der Waals surface area contributed by atoms with Crippen LogP contribution in [0.4, 0.5) is 13.2 Å². The zero-order valence-corrected chi connectivity index (χ0v) is 15.4. The number of rotatable bonds is 5. The topological polar surface area (TPSA) is 63.3 Å². The number of imidazole rings is 1. The Morgan fingerprint density at radius 3 is 2.69 bits per heavy atom. The van der Waals surface area contributed by atoms with Crippen LogP contribution >= 0.6 is 0 Å². The van der Waals surface area contributed by atoms with Crippen molar-refractivity contribution in [3.8, 4) is 17.0 Å². The molecule has 3 heterocycles. The monoisotopic (exact) mass is 404 g/mol. The Morgan fingerprint density at radius 2 is 1.97 bits per heavy atom. The van der Waals surface area contributed by atoms with Crippen LogP contribution in [0, 0.1) is 0 Å². The van der Waals surface area contributed by atoms with Crippen molar-refractivity contribution in [1.29, 1.82) is 0 Å². The number of nitrogens with zero attached hydrogens (tertiary/aromatic N) is 3. The summed E-state index contributed by atoms with van der Waals surface area (Å²) in [5.74, 6) is 0.481. The second kappa shape index (κ2) is 8.22. The normalized spacial score (nSPS) is 18.0. The lowest BCUT2D eigenvalue weighted by Gasteiger charge is -2.34. The summed E-state index contributed by atoms with van der Waals surface area (Å²) in [6.07, 6.45) is -1.27. The number of benzene rings is 1. The van der Waals surface area contributed by atoms with Crippen LogP contribution in [0.15, 0.2) is 54.9 Å². The second-order valence-electron chi connectivity index (χ2n) is 6.64. The fraction of sp³-hybridized carbons (Fsp3) is 0.300. The molecule has 1 fully saturated rings. The first kappa shape index (κ1) is 19.4. The Kier molecular flexibility index (Phi) is 5.50. The van der Waals surface area contributed by atoms with Crippen molar-refractivity contribution in [3.63, 3.8) is 0 Å². The average Bonchev–Trinajstić information content (AvgIpc) is 3.19. The molecule has 6 nitrogen and oxygen atoms in total. The molecule has 0 spiro atoms. The molecule has 1 aliphatic rings. The molecule has 1 N–H and O–H groups in total. The summed E-state index contributed by atoms with van der Waals surface area (Å²) in [5, 5.41) is 0. The summed E-state index contributed by atoms with van der Waals surface area (Å²) in [5.41, 5.74) is 2.39. The molecule has 1 aromatic carbocycles. The molecule has 29 heavy (non-hydrogen) atoms. The summed E-state index contributed by atoms with van der Waals surface area (Å²) in [4.78, 5) is 14.4. The molecular formula is C20H19F3N4O2. The van der Waals surface area contributed by atoms with E-state index in [9.17, 15) is 13.2 Å². The first-order valence-corrected chi connectivity index (χ1v) is 9.11. The van der Waals surface area contributed by atoms with Crippen LogP contribution in [-0.4, -0.2) is 46.0 Å². The Balaban J connectivity index is 1.49. The zero-order valence-electron chi connectivity index (χ0n) is 15.4. The maximum absolute atomic E-state index is 12.3. The second-order valence-corrected chi connectivity index (χ2v) is 6.64. The van der Waals surface area contributed by atoms with Crippen LogP contribution in [0.2, 0.25) is 0 Å². The lowest BCUT2D eigenvalue weighted by molar-refractivity contribution is -0.274. The van der Waals surface area contributed by atoms with Crippen LogP contribution in [0.3, 0.4) is 0 Å². The number of hydrogen-bond donors (Lipinski definition) is 1. The third kappa shape index (κ3) is 4.93. The van der Waals surface area contributed by atoms with E-state index in [4.69, 9.17) is 4.74 Å². The van der Waals surface area contributed by atoms with Gasteiger partial charge in [0.25, 0.3) is 0 Å². The van der Waals surface area contributed by atoms with Gasteiger partial charge in [-0.05, 0) is 42.0 Å². The number of aromatic nitrogens is 3. The number of alkyl halides is 3. The Labute approximate surface area is 165 Å². The minimum Gasteiger partial charge on any atom is -0.406 e. The SMILES string of the molecule is FC(F)(F)Oc1ccc(-c2cnc([C@@H]3COCCN3Cc3ccccn3)[nH]2)cc1. The fourth-order valence-electron chi connectivity index (χ4n) is 3.27. The molecule has 1 saturated heterocycles. The molecule has 9 heteroatoms. The average molecular weight is 404 g/mol. The highest BCUT2D eigenvalue weighted by Gasteiger charge is 2.31. The van der Waals surface area contributed by atoms with Gasteiger partial charge in [-0.3, -0.25) is 9.88 Å². The van der Waals surface area contributed by atoms with Gasteiger partial charge in [0.1, 0.15) is 11.6 Å². The molecule has 1 aliphatic heterocycles. The minimum atomic E-state index is -4.71. The van der Waals surface area contributed by atoms with E-state index in [-0.39, 0.29) is 11.8 Å². The predicted molar refractivity (Wildman–Crippen MR) is 98.9 cm³/mol. The first-order valence-electron chi connectivity index (χ1n) is 9.11. The third-order valence-electron chi connectivity index (χ3n) is 4.64. The van der Waals surface area contributed by atoms with E-state index in [1.165, 1.54) is 12.1 Å². The van der Waals surface area contributed by atoms with Crippen LogP contribution in [0.1, 0.15) is 17.6 Å². The van der Waals surface area contributed by atoms with Gasteiger partial charge in [-0.1, -0.05) is 6.07 Å². The van der Waals surface area contributed by atoms with Crippen LogP contribution < -0.4 is 4.74 Å². The van der Waals surface area contributed by atoms with Crippen LogP contribution in [-0.2, 0) is 11.3 Å². The van der Waals surface area contributed by atoms with Crippen molar-refractivity contribution in [1.82, 2.24) is 19.9 Å². The van der Waals surface area contributed by atoms with Gasteiger partial charge in [0, 0.05) is 19.3 Å². The predicted octanol–water partition coefficient (Wildman–Crippen LogP) is 3.94. The fourth-order valence-corrected chi connectivity index (χ4v) is 3.27. The summed E-state index contributed by atoms with van der Waals surface area (Å²) in [6, 6.07) is 11.4. The van der Waals surface area contributed by atoms with E-state index >= 15 is 0 Å². The molecule has 3 aromatic rings. The maximum atomic E-state index is 12.3. The summed E-state index contributed by atoms with van der Waals surface area (Å²) < 4.78 is 46.5. The van der Waals surface area contributed by atoms with Crippen molar-refractivity contribution in [2.24, 2.45) is 0 Å². The van der Waals surface area contributed by atoms with Crippen molar-refractivity contribution in [3.05, 3.63) is 66.4 Å². The highest BCUT2D eigenvalue weighted by Crippen LogP contribution is 2.28. The Morgan fingerprint density at radius 1 is 1.14 bits per heavy atom. The van der Waals surface area contributed by atoms with Gasteiger partial charge in [-0.25, -0.2) is 4.98 Å². The Hall–Kier alpha value is -2.91. The van der Waals surface area contributed by atoms with Crippen molar-refractivity contribution < 1.29 is 22.6 Å². The van der Waals surface area contributed by atoms with Gasteiger partial charge in [0.2, 0.25) is 0 Å². The van der Waals surface area contributed by atoms with E-state index in [1.54, 1.807) is 24.5 Å². The number of morpholine rings is 1. The first-order chi connectivity index (χ1) is 14.0. The molecule has 0 radical (unpaired) electrons. The van der Waals surface area contributed by atoms with E-state index in [0.29, 0.717) is 31.0 Å². The number of aromatic amines is 1. The van der Waals surface area contributed by atoms with Crippen LogP contribution in [0.5, 0.6) is 5.75 Å². The molecule has 0 bridgehead atoms. The van der Waals surface area contributed by atoms with Gasteiger partial charge in [-0.2, -0.15) is 0 Å². The molecule has 4 rings (SSSR count). The number of H-pyrrole nitrogens is 1. The van der Waals surface area contributed by atoms with Crippen molar-refractivity contribution in [2.75, 3.05) is 19.8 Å². The number of halogens is 3. The molecule has 152 valence electrons. The van der Waals surface area contributed by atoms with Gasteiger partial charge >= 0.3 is 6.36 Å². The van der Waals surface area contributed by atoms with E-state index in [2.05, 4.69) is 24.6 Å². The number of ether oxygens (including phenoxy) is 2. The number of pyridine rings is 1. The largest absolute Gasteiger partial charge is 0.573 e. The van der Waals surface area contributed by atoms with Gasteiger partial charge < -0.3 is 14.5 Å². The minimum absolute atomic E-state index is 0.0626. The highest BCUT2D eigenvalue weighted by molar-refractivity contribution is 5.59. The summed E-state index contributed by atoms with van der Waals surface area (Å²) >= 11 is 0.